The van der Waals surface area contributed by atoms with Crippen LogP contribution in [0.5, 0.6) is 0 Å². The lowest BCUT2D eigenvalue weighted by atomic mass is 9.83. The Morgan fingerprint density at radius 2 is 1.94 bits per heavy atom. The van der Waals surface area contributed by atoms with Crippen molar-refractivity contribution in [2.24, 2.45) is 5.92 Å². The Labute approximate surface area is 182 Å². The second-order valence-corrected chi connectivity index (χ2v) is 9.36. The third kappa shape index (κ3) is 4.05. The Balaban J connectivity index is 1.78. The van der Waals surface area contributed by atoms with Gasteiger partial charge in [-0.1, -0.05) is 18.2 Å². The molecule has 3 heterocycles. The molecule has 7 heteroatoms. The average Bonchev–Trinajstić information content (AvgIpc) is 3.02. The minimum absolute atomic E-state index is 0.0252. The number of para-hydroxylation sites is 1. The van der Waals surface area contributed by atoms with Gasteiger partial charge in [0.25, 0.3) is 0 Å². The van der Waals surface area contributed by atoms with E-state index in [1.165, 1.54) is 0 Å². The molecule has 31 heavy (non-hydrogen) atoms. The van der Waals surface area contributed by atoms with Crippen molar-refractivity contribution < 1.29 is 23.9 Å². The van der Waals surface area contributed by atoms with E-state index in [9.17, 15) is 14.4 Å². The lowest BCUT2D eigenvalue weighted by molar-refractivity contribution is -0.147. The van der Waals surface area contributed by atoms with Crippen LogP contribution in [0.25, 0.3) is 10.9 Å². The van der Waals surface area contributed by atoms with Crippen LogP contribution in [0, 0.1) is 5.92 Å². The average molecular weight is 427 g/mol. The van der Waals surface area contributed by atoms with E-state index in [2.05, 4.69) is 0 Å². The summed E-state index contributed by atoms with van der Waals surface area (Å²) >= 11 is 0. The molecule has 7 nitrogen and oxygen atoms in total. The summed E-state index contributed by atoms with van der Waals surface area (Å²) < 4.78 is 12.5. The molecule has 1 fully saturated rings. The Bertz CT molecular complexity index is 1030. The van der Waals surface area contributed by atoms with Gasteiger partial charge in [-0.05, 0) is 58.1 Å². The van der Waals surface area contributed by atoms with E-state index in [4.69, 9.17) is 9.47 Å². The van der Waals surface area contributed by atoms with Crippen LogP contribution in [0.4, 0.5) is 4.79 Å². The lowest BCUT2D eigenvalue weighted by Crippen LogP contribution is -2.46. The predicted molar refractivity (Wildman–Crippen MR) is 116 cm³/mol. The molecular formula is C24H30N2O5. The van der Waals surface area contributed by atoms with Gasteiger partial charge in [0.2, 0.25) is 5.91 Å². The number of amides is 1. The van der Waals surface area contributed by atoms with Gasteiger partial charge in [-0.2, -0.15) is 0 Å². The number of carbonyl (C=O) groups is 3. The number of aromatic nitrogens is 1. The van der Waals surface area contributed by atoms with Gasteiger partial charge >= 0.3 is 12.1 Å². The molecule has 166 valence electrons. The van der Waals surface area contributed by atoms with Gasteiger partial charge in [0, 0.05) is 24.8 Å². The number of benzene rings is 1. The smallest absolute Gasteiger partial charge is 0.419 e. The second-order valence-electron chi connectivity index (χ2n) is 9.36. The molecule has 0 bridgehead atoms. The molecule has 0 aliphatic carbocycles. The van der Waals surface area contributed by atoms with E-state index < -0.39 is 11.7 Å². The molecule has 2 aliphatic rings. The zero-order chi connectivity index (χ0) is 22.3. The molecule has 1 aromatic heterocycles. The molecule has 0 N–H and O–H groups in total. The highest BCUT2D eigenvalue weighted by molar-refractivity contribution is 5.95. The van der Waals surface area contributed by atoms with Crippen LogP contribution in [0.3, 0.4) is 0 Å². The fourth-order valence-corrected chi connectivity index (χ4v) is 4.89. The lowest BCUT2D eigenvalue weighted by Gasteiger charge is -2.42. The number of hydrogen-bond donors (Lipinski definition) is 0. The van der Waals surface area contributed by atoms with Crippen molar-refractivity contribution in [3.63, 3.8) is 0 Å². The van der Waals surface area contributed by atoms with Crippen LogP contribution >= 0.6 is 0 Å². The van der Waals surface area contributed by atoms with Gasteiger partial charge in [-0.25, -0.2) is 9.36 Å². The molecule has 1 saturated heterocycles. The van der Waals surface area contributed by atoms with Crippen LogP contribution in [0.2, 0.25) is 0 Å². The minimum atomic E-state index is -0.640. The topological polar surface area (TPSA) is 77.8 Å². The van der Waals surface area contributed by atoms with Crippen LogP contribution < -0.4 is 0 Å². The third-order valence-electron chi connectivity index (χ3n) is 5.99. The van der Waals surface area contributed by atoms with Gasteiger partial charge < -0.3 is 14.4 Å². The van der Waals surface area contributed by atoms with Crippen LogP contribution in [0.15, 0.2) is 24.3 Å². The van der Waals surface area contributed by atoms with Crippen molar-refractivity contribution in [3.05, 3.63) is 35.5 Å². The van der Waals surface area contributed by atoms with Gasteiger partial charge in [0.05, 0.1) is 23.9 Å². The SMILES string of the molecule is CCOC(=O)C[C@@H]1CC(=O)N2CCc3c(n(C(=O)OC(C)(C)C)c4ccccc34)[C@@H]2C1. The summed E-state index contributed by atoms with van der Waals surface area (Å²) in [5.74, 6) is -0.362. The first-order valence-electron chi connectivity index (χ1n) is 11.0. The second kappa shape index (κ2) is 8.02. The summed E-state index contributed by atoms with van der Waals surface area (Å²) in [6.45, 7) is 8.24. The van der Waals surface area contributed by atoms with Crippen molar-refractivity contribution in [3.8, 4) is 0 Å². The zero-order valence-corrected chi connectivity index (χ0v) is 18.6. The van der Waals surface area contributed by atoms with E-state index in [1.807, 2.05) is 49.9 Å². The normalized spacial score (nSPS) is 20.9. The molecule has 0 spiro atoms. The number of piperidine rings is 1. The quantitative estimate of drug-likeness (QED) is 0.687. The highest BCUT2D eigenvalue weighted by Crippen LogP contribution is 2.44. The van der Waals surface area contributed by atoms with Gasteiger partial charge in [0.15, 0.2) is 0 Å². The van der Waals surface area contributed by atoms with Gasteiger partial charge in [-0.3, -0.25) is 9.59 Å². The van der Waals surface area contributed by atoms with Crippen molar-refractivity contribution in [1.82, 2.24) is 9.47 Å². The number of carbonyl (C=O) groups excluding carboxylic acids is 3. The monoisotopic (exact) mass is 426 g/mol. The van der Waals surface area contributed by atoms with E-state index >= 15 is 0 Å². The van der Waals surface area contributed by atoms with E-state index in [1.54, 1.807) is 11.5 Å². The first-order valence-corrected chi connectivity index (χ1v) is 11.0. The molecule has 2 aromatic rings. The Morgan fingerprint density at radius 3 is 2.65 bits per heavy atom. The fourth-order valence-electron chi connectivity index (χ4n) is 4.89. The third-order valence-corrected chi connectivity index (χ3v) is 5.99. The molecule has 1 amide bonds. The minimum Gasteiger partial charge on any atom is -0.466 e. The maximum absolute atomic E-state index is 13.3. The van der Waals surface area contributed by atoms with E-state index in [-0.39, 0.29) is 30.3 Å². The summed E-state index contributed by atoms with van der Waals surface area (Å²) in [5.41, 5.74) is 2.07. The molecule has 1 aromatic carbocycles. The maximum atomic E-state index is 13.3. The maximum Gasteiger partial charge on any atom is 0.419 e. The number of hydrogen-bond acceptors (Lipinski definition) is 5. The van der Waals surface area contributed by atoms with Crippen LogP contribution in [-0.2, 0) is 25.5 Å². The Kier molecular flexibility index (Phi) is 5.54. The van der Waals surface area contributed by atoms with E-state index in [0.717, 1.165) is 22.2 Å². The highest BCUT2D eigenvalue weighted by Gasteiger charge is 2.42. The highest BCUT2D eigenvalue weighted by atomic mass is 16.6. The molecule has 2 atom stereocenters. The zero-order valence-electron chi connectivity index (χ0n) is 18.6. The number of fused-ring (bicyclic) bond motifs is 5. The van der Waals surface area contributed by atoms with Crippen molar-refractivity contribution in [2.75, 3.05) is 13.2 Å². The molecule has 0 radical (unpaired) electrons. The standard InChI is InChI=1S/C24H30N2O5/c1-5-30-21(28)14-15-12-19-22-17(10-11-25(19)20(27)13-15)16-8-6-7-9-18(16)26(22)23(29)31-24(2,3)4/h6-9,15,19H,5,10-14H2,1-4H3/t15-,19-/m0/s1. The predicted octanol–water partition coefficient (Wildman–Crippen LogP) is 4.21. The Morgan fingerprint density at radius 1 is 1.19 bits per heavy atom. The van der Waals surface area contributed by atoms with Crippen LogP contribution in [-0.4, -0.2) is 46.2 Å². The molecule has 0 unspecified atom stereocenters. The molecule has 0 saturated carbocycles. The van der Waals surface area contributed by atoms with Crippen molar-refractivity contribution in [2.45, 2.75) is 65.0 Å². The molecule has 2 aliphatic heterocycles. The summed E-state index contributed by atoms with van der Waals surface area (Å²) in [4.78, 5) is 40.2. The number of nitrogens with zero attached hydrogens (tertiary/aromatic N) is 2. The summed E-state index contributed by atoms with van der Waals surface area (Å²) in [6.07, 6.45) is 1.42. The van der Waals surface area contributed by atoms with Crippen LogP contribution in [0.1, 0.15) is 64.3 Å². The summed E-state index contributed by atoms with van der Waals surface area (Å²) in [6, 6.07) is 7.55. The number of ether oxygens (including phenoxy) is 2. The first kappa shape index (κ1) is 21.4. The van der Waals surface area contributed by atoms with Crippen molar-refractivity contribution >= 4 is 28.9 Å². The summed E-state index contributed by atoms with van der Waals surface area (Å²) in [7, 11) is 0. The van der Waals surface area contributed by atoms with E-state index in [0.29, 0.717) is 32.4 Å². The van der Waals surface area contributed by atoms with Gasteiger partial charge in [-0.15, -0.1) is 0 Å². The van der Waals surface area contributed by atoms with Crippen molar-refractivity contribution in [1.29, 1.82) is 0 Å². The number of esters is 1. The fraction of sp³-hybridized carbons (Fsp3) is 0.542. The largest absolute Gasteiger partial charge is 0.466 e. The molecule has 4 rings (SSSR count). The number of rotatable bonds is 3. The van der Waals surface area contributed by atoms with Gasteiger partial charge in [0.1, 0.15) is 5.60 Å². The summed E-state index contributed by atoms with van der Waals surface area (Å²) in [5, 5.41) is 1.02. The first-order chi connectivity index (χ1) is 14.7. The Hall–Kier alpha value is -2.83. The molecular weight excluding hydrogens is 396 g/mol.